The highest BCUT2D eigenvalue weighted by Crippen LogP contribution is 2.23. The molecule has 2 aromatic heterocycles. The van der Waals surface area contributed by atoms with E-state index in [0.717, 1.165) is 28.9 Å². The predicted molar refractivity (Wildman–Crippen MR) is 115 cm³/mol. The average molecular weight is 479 g/mol. The highest BCUT2D eigenvalue weighted by atomic mass is 127. The molecule has 0 radical (unpaired) electrons. The molecule has 0 fully saturated rings. The van der Waals surface area contributed by atoms with Crippen molar-refractivity contribution in [3.8, 4) is 0 Å². The van der Waals surface area contributed by atoms with E-state index in [1.807, 2.05) is 6.20 Å². The van der Waals surface area contributed by atoms with E-state index in [9.17, 15) is 0 Å². The lowest BCUT2D eigenvalue weighted by atomic mass is 9.93. The van der Waals surface area contributed by atoms with Crippen LogP contribution < -0.4 is 10.6 Å². The topological polar surface area (TPSA) is 62.2 Å². The van der Waals surface area contributed by atoms with Crippen LogP contribution >= 0.6 is 46.7 Å². The molecule has 0 saturated carbocycles. The van der Waals surface area contributed by atoms with E-state index in [-0.39, 0.29) is 29.4 Å². The monoisotopic (exact) mass is 479 g/mol. The maximum Gasteiger partial charge on any atom is 0.191 e. The Morgan fingerprint density at radius 2 is 2.00 bits per heavy atom. The number of rotatable bonds is 5. The number of guanidine groups is 1. The van der Waals surface area contributed by atoms with E-state index in [1.165, 1.54) is 10.6 Å². The molecule has 0 bridgehead atoms. The molecular weight excluding hydrogens is 453 g/mol. The Bertz CT molecular complexity index is 657. The molecule has 24 heavy (non-hydrogen) atoms. The van der Waals surface area contributed by atoms with Crippen LogP contribution in [0.25, 0.3) is 0 Å². The first-order valence-electron chi connectivity index (χ1n) is 7.69. The number of nitrogens with one attached hydrogen (secondary N) is 2. The minimum Gasteiger partial charge on any atom is -0.356 e. The van der Waals surface area contributed by atoms with E-state index in [2.05, 4.69) is 53.7 Å². The normalized spacial score (nSPS) is 12.0. The summed E-state index contributed by atoms with van der Waals surface area (Å²) >= 11 is 3.43. The first-order chi connectivity index (χ1) is 10.9. The summed E-state index contributed by atoms with van der Waals surface area (Å²) in [6.07, 6.45) is 2.80. The summed E-state index contributed by atoms with van der Waals surface area (Å²) in [5.74, 6) is 0.797. The fourth-order valence-electron chi connectivity index (χ4n) is 1.92. The van der Waals surface area contributed by atoms with Crippen molar-refractivity contribution >= 4 is 52.6 Å². The molecule has 0 aromatic carbocycles. The van der Waals surface area contributed by atoms with Gasteiger partial charge in [-0.2, -0.15) is 0 Å². The molecule has 2 rings (SSSR count). The van der Waals surface area contributed by atoms with Gasteiger partial charge < -0.3 is 10.6 Å². The van der Waals surface area contributed by atoms with Crippen LogP contribution in [-0.2, 0) is 18.4 Å². The first kappa shape index (κ1) is 21.3. The summed E-state index contributed by atoms with van der Waals surface area (Å²) in [7, 11) is 1.78. The van der Waals surface area contributed by atoms with Crippen LogP contribution in [0, 0.1) is 6.92 Å². The lowest BCUT2D eigenvalue weighted by Gasteiger charge is -2.14. The molecule has 5 nitrogen and oxygen atoms in total. The Morgan fingerprint density at radius 1 is 1.25 bits per heavy atom. The third kappa shape index (κ3) is 6.64. The van der Waals surface area contributed by atoms with Crippen molar-refractivity contribution in [3.05, 3.63) is 32.2 Å². The largest absolute Gasteiger partial charge is 0.356 e. The zero-order chi connectivity index (χ0) is 16.9. The van der Waals surface area contributed by atoms with Gasteiger partial charge in [0.1, 0.15) is 5.01 Å². The molecule has 0 unspecified atom stereocenters. The van der Waals surface area contributed by atoms with Gasteiger partial charge in [0.05, 0.1) is 17.2 Å². The fraction of sp³-hybridized carbons (Fsp3) is 0.562. The fourth-order valence-corrected chi connectivity index (χ4v) is 3.67. The predicted octanol–water partition coefficient (Wildman–Crippen LogP) is 3.73. The van der Waals surface area contributed by atoms with Crippen LogP contribution in [0.3, 0.4) is 0 Å². The maximum absolute atomic E-state index is 4.71. The molecule has 0 spiro atoms. The minimum absolute atomic E-state index is 0. The number of aromatic nitrogens is 2. The Balaban J connectivity index is 0.00000288. The molecule has 0 amide bonds. The van der Waals surface area contributed by atoms with Crippen LogP contribution in [-0.4, -0.2) is 29.5 Å². The molecule has 0 aliphatic carbocycles. The van der Waals surface area contributed by atoms with Crippen molar-refractivity contribution in [2.24, 2.45) is 4.99 Å². The van der Waals surface area contributed by atoms with Crippen molar-refractivity contribution in [3.63, 3.8) is 0 Å². The molecule has 0 aliphatic rings. The molecule has 2 heterocycles. The maximum atomic E-state index is 4.71. The summed E-state index contributed by atoms with van der Waals surface area (Å²) in [4.78, 5) is 14.5. The third-order valence-corrected chi connectivity index (χ3v) is 5.07. The van der Waals surface area contributed by atoms with Crippen LogP contribution in [0.4, 0.5) is 0 Å². The van der Waals surface area contributed by atoms with Gasteiger partial charge in [-0.25, -0.2) is 9.97 Å². The Morgan fingerprint density at radius 3 is 2.54 bits per heavy atom. The van der Waals surface area contributed by atoms with Crippen molar-refractivity contribution < 1.29 is 0 Å². The van der Waals surface area contributed by atoms with Crippen molar-refractivity contribution in [1.82, 2.24) is 20.6 Å². The van der Waals surface area contributed by atoms with Gasteiger partial charge in [-0.3, -0.25) is 4.99 Å². The van der Waals surface area contributed by atoms with Gasteiger partial charge in [-0.1, -0.05) is 20.8 Å². The van der Waals surface area contributed by atoms with E-state index in [0.29, 0.717) is 6.54 Å². The number of hydrogen-bond acceptors (Lipinski definition) is 5. The average Bonchev–Trinajstić information content (AvgIpc) is 3.11. The first-order valence-corrected chi connectivity index (χ1v) is 9.39. The van der Waals surface area contributed by atoms with Crippen LogP contribution in [0.2, 0.25) is 0 Å². The number of aliphatic imine (C=N–C) groups is 1. The third-order valence-electron chi connectivity index (χ3n) is 3.25. The SMILES string of the molecule is CN=C(NCCc1nc(C(C)(C)C)cs1)NCc1ncc(C)s1.I. The van der Waals surface area contributed by atoms with Crippen LogP contribution in [0.15, 0.2) is 16.6 Å². The minimum atomic E-state index is 0. The quantitative estimate of drug-likeness (QED) is 0.390. The van der Waals surface area contributed by atoms with Gasteiger partial charge in [-0.15, -0.1) is 46.7 Å². The van der Waals surface area contributed by atoms with Crippen LogP contribution in [0.5, 0.6) is 0 Å². The Kier molecular flexibility index (Phi) is 8.58. The molecule has 2 aromatic rings. The Labute approximate surface area is 169 Å². The van der Waals surface area contributed by atoms with Crippen molar-refractivity contribution in [1.29, 1.82) is 0 Å². The van der Waals surface area contributed by atoms with Gasteiger partial charge >= 0.3 is 0 Å². The van der Waals surface area contributed by atoms with Crippen LogP contribution in [0.1, 0.15) is 41.4 Å². The number of aryl methyl sites for hydroxylation is 1. The van der Waals surface area contributed by atoms with Gasteiger partial charge in [0.15, 0.2) is 5.96 Å². The van der Waals surface area contributed by atoms with Gasteiger partial charge in [0.2, 0.25) is 0 Å². The Hall–Kier alpha value is -0.740. The van der Waals surface area contributed by atoms with E-state index < -0.39 is 0 Å². The molecule has 2 N–H and O–H groups in total. The van der Waals surface area contributed by atoms with Crippen molar-refractivity contribution in [2.45, 2.75) is 46.1 Å². The van der Waals surface area contributed by atoms with Crippen molar-refractivity contribution in [2.75, 3.05) is 13.6 Å². The summed E-state index contributed by atoms with van der Waals surface area (Å²) in [6.45, 7) is 10.1. The zero-order valence-electron chi connectivity index (χ0n) is 14.8. The number of halogens is 1. The highest BCUT2D eigenvalue weighted by Gasteiger charge is 2.17. The number of hydrogen-bond donors (Lipinski definition) is 2. The summed E-state index contributed by atoms with van der Waals surface area (Å²) in [6, 6.07) is 0. The second-order valence-corrected chi connectivity index (χ2v) is 8.61. The molecule has 134 valence electrons. The standard InChI is InChI=1S/C16H25N5S2.HI/c1-11-8-19-14(23-11)9-20-15(17-5)18-7-6-13-21-12(10-22-13)16(2,3)4;/h8,10H,6-7,9H2,1-5H3,(H2,17,18,20);1H. The van der Waals surface area contributed by atoms with E-state index in [1.54, 1.807) is 29.7 Å². The molecule has 0 atom stereocenters. The number of nitrogens with zero attached hydrogens (tertiary/aromatic N) is 3. The lowest BCUT2D eigenvalue weighted by Crippen LogP contribution is -2.37. The number of thiazole rings is 2. The summed E-state index contributed by atoms with van der Waals surface area (Å²) in [5.41, 5.74) is 1.28. The smallest absolute Gasteiger partial charge is 0.191 e. The van der Waals surface area contributed by atoms with Gasteiger partial charge in [0.25, 0.3) is 0 Å². The lowest BCUT2D eigenvalue weighted by molar-refractivity contribution is 0.570. The molecule has 8 heteroatoms. The second kappa shape index (κ2) is 9.67. The van der Waals surface area contributed by atoms with Gasteiger partial charge in [0, 0.05) is 41.9 Å². The van der Waals surface area contributed by atoms with Gasteiger partial charge in [-0.05, 0) is 6.92 Å². The summed E-state index contributed by atoms with van der Waals surface area (Å²) in [5, 5.41) is 11.0. The van der Waals surface area contributed by atoms with E-state index >= 15 is 0 Å². The molecular formula is C16H26IN5S2. The second-order valence-electron chi connectivity index (χ2n) is 6.34. The molecule has 0 aliphatic heterocycles. The molecule has 0 saturated heterocycles. The van der Waals surface area contributed by atoms with E-state index in [4.69, 9.17) is 4.98 Å². The highest BCUT2D eigenvalue weighted by molar-refractivity contribution is 14.0. The zero-order valence-corrected chi connectivity index (χ0v) is 18.8. The summed E-state index contributed by atoms with van der Waals surface area (Å²) < 4.78 is 0.